The molecule has 100 valence electrons. The zero-order valence-electron chi connectivity index (χ0n) is 11.1. The van der Waals surface area contributed by atoms with E-state index in [-0.39, 0.29) is 11.7 Å². The van der Waals surface area contributed by atoms with Gasteiger partial charge in [-0.1, -0.05) is 6.92 Å². The predicted molar refractivity (Wildman–Crippen MR) is 70.4 cm³/mol. The quantitative estimate of drug-likeness (QED) is 0.881. The van der Waals surface area contributed by atoms with Gasteiger partial charge in [0.15, 0.2) is 0 Å². The monoisotopic (exact) mass is 259 g/mol. The number of aromatic amines is 1. The van der Waals surface area contributed by atoms with E-state index in [1.807, 2.05) is 12.1 Å². The summed E-state index contributed by atoms with van der Waals surface area (Å²) >= 11 is 0. The summed E-state index contributed by atoms with van der Waals surface area (Å²) in [4.78, 5) is 21.9. The summed E-state index contributed by atoms with van der Waals surface area (Å²) in [5.41, 5.74) is 1.02. The van der Waals surface area contributed by atoms with Crippen molar-refractivity contribution < 1.29 is 4.79 Å². The Morgan fingerprint density at radius 1 is 1.37 bits per heavy atom. The van der Waals surface area contributed by atoms with Crippen molar-refractivity contribution >= 4 is 5.91 Å². The van der Waals surface area contributed by atoms with Gasteiger partial charge in [-0.25, -0.2) is 4.98 Å². The number of hydrogen-bond donors (Lipinski definition) is 1. The van der Waals surface area contributed by atoms with Crippen molar-refractivity contribution in [3.63, 3.8) is 0 Å². The lowest BCUT2D eigenvalue weighted by molar-refractivity contribution is 0.0773. The van der Waals surface area contributed by atoms with E-state index in [4.69, 9.17) is 0 Å². The highest BCUT2D eigenvalue weighted by atomic mass is 16.2. The normalized spacial score (nSPS) is 10.4. The van der Waals surface area contributed by atoms with Crippen molar-refractivity contribution in [1.29, 1.82) is 0 Å². The Labute approximate surface area is 111 Å². The van der Waals surface area contributed by atoms with E-state index in [2.05, 4.69) is 27.1 Å². The van der Waals surface area contributed by atoms with Gasteiger partial charge in [0, 0.05) is 32.4 Å². The Bertz CT molecular complexity index is 537. The summed E-state index contributed by atoms with van der Waals surface area (Å²) in [5, 5.41) is 6.75. The van der Waals surface area contributed by atoms with Crippen molar-refractivity contribution in [2.24, 2.45) is 0 Å². The van der Waals surface area contributed by atoms with Crippen molar-refractivity contribution in [1.82, 2.24) is 25.1 Å². The van der Waals surface area contributed by atoms with Crippen LogP contribution in [-0.2, 0) is 13.0 Å². The van der Waals surface area contributed by atoms with Crippen LogP contribution in [0.3, 0.4) is 0 Å². The first-order chi connectivity index (χ1) is 9.20. The van der Waals surface area contributed by atoms with E-state index in [1.165, 1.54) is 0 Å². The third-order valence-electron chi connectivity index (χ3n) is 2.73. The van der Waals surface area contributed by atoms with Gasteiger partial charge in [-0.2, -0.15) is 0 Å². The summed E-state index contributed by atoms with van der Waals surface area (Å²) < 4.78 is 0. The first-order valence-corrected chi connectivity index (χ1v) is 6.26. The minimum atomic E-state index is -0.185. The number of aromatic nitrogens is 4. The number of carbonyl (C=O) groups is 1. The summed E-state index contributed by atoms with van der Waals surface area (Å²) in [7, 11) is 1.73. The van der Waals surface area contributed by atoms with Gasteiger partial charge in [0.05, 0.1) is 0 Å². The SMILES string of the molecule is CCCc1nc(C(=O)N(C)Cc2ccncc2)n[nH]1. The first-order valence-electron chi connectivity index (χ1n) is 6.26. The molecule has 0 aromatic carbocycles. The second kappa shape index (κ2) is 6.08. The molecule has 0 unspecified atom stereocenters. The number of nitrogens with one attached hydrogen (secondary N) is 1. The van der Waals surface area contributed by atoms with Gasteiger partial charge in [-0.05, 0) is 24.1 Å². The van der Waals surface area contributed by atoms with Crippen LogP contribution in [0, 0.1) is 0 Å². The Morgan fingerprint density at radius 2 is 2.11 bits per heavy atom. The van der Waals surface area contributed by atoms with E-state index in [0.29, 0.717) is 6.54 Å². The number of aryl methyl sites for hydroxylation is 1. The molecule has 0 aliphatic heterocycles. The highest BCUT2D eigenvalue weighted by Crippen LogP contribution is 2.05. The molecule has 0 spiro atoms. The molecule has 6 heteroatoms. The summed E-state index contributed by atoms with van der Waals surface area (Å²) in [5.74, 6) is 0.790. The molecule has 1 N–H and O–H groups in total. The lowest BCUT2D eigenvalue weighted by Crippen LogP contribution is -2.27. The zero-order chi connectivity index (χ0) is 13.7. The molecule has 0 atom stereocenters. The first kappa shape index (κ1) is 13.2. The fourth-order valence-electron chi connectivity index (χ4n) is 1.74. The topological polar surface area (TPSA) is 74.8 Å². The van der Waals surface area contributed by atoms with Crippen LogP contribution >= 0.6 is 0 Å². The van der Waals surface area contributed by atoms with Crippen molar-refractivity contribution in [3.8, 4) is 0 Å². The van der Waals surface area contributed by atoms with Crippen LogP contribution in [0.1, 0.15) is 35.4 Å². The molecule has 0 aliphatic rings. The van der Waals surface area contributed by atoms with Crippen LogP contribution in [0.4, 0.5) is 0 Å². The van der Waals surface area contributed by atoms with E-state index < -0.39 is 0 Å². The van der Waals surface area contributed by atoms with Gasteiger partial charge in [0.2, 0.25) is 5.82 Å². The number of carbonyl (C=O) groups excluding carboxylic acids is 1. The summed E-state index contributed by atoms with van der Waals surface area (Å²) in [6, 6.07) is 3.76. The van der Waals surface area contributed by atoms with Crippen LogP contribution in [0.15, 0.2) is 24.5 Å². The highest BCUT2D eigenvalue weighted by molar-refractivity contribution is 5.90. The molecule has 2 aromatic rings. The molecule has 0 saturated carbocycles. The van der Waals surface area contributed by atoms with Crippen molar-refractivity contribution in [2.45, 2.75) is 26.3 Å². The van der Waals surface area contributed by atoms with E-state index >= 15 is 0 Å². The minimum absolute atomic E-state index is 0.185. The average molecular weight is 259 g/mol. The molecule has 2 rings (SSSR count). The van der Waals surface area contributed by atoms with Gasteiger partial charge in [0.25, 0.3) is 5.91 Å². The second-order valence-corrected chi connectivity index (χ2v) is 4.37. The van der Waals surface area contributed by atoms with E-state index in [0.717, 1.165) is 24.2 Å². The zero-order valence-corrected chi connectivity index (χ0v) is 11.1. The van der Waals surface area contributed by atoms with Crippen LogP contribution in [0.25, 0.3) is 0 Å². The maximum absolute atomic E-state index is 12.1. The minimum Gasteiger partial charge on any atom is -0.335 e. The number of hydrogen-bond acceptors (Lipinski definition) is 4. The van der Waals surface area contributed by atoms with Gasteiger partial charge in [0.1, 0.15) is 5.82 Å². The number of amides is 1. The van der Waals surface area contributed by atoms with Crippen LogP contribution in [-0.4, -0.2) is 38.0 Å². The molecule has 6 nitrogen and oxygen atoms in total. The molecule has 0 saturated heterocycles. The molecule has 2 heterocycles. The van der Waals surface area contributed by atoms with E-state index in [1.54, 1.807) is 24.3 Å². The van der Waals surface area contributed by atoms with Crippen LogP contribution in [0.5, 0.6) is 0 Å². The lowest BCUT2D eigenvalue weighted by Gasteiger charge is -2.14. The Kier molecular flexibility index (Phi) is 4.22. The van der Waals surface area contributed by atoms with Gasteiger partial charge < -0.3 is 4.90 Å². The third-order valence-corrected chi connectivity index (χ3v) is 2.73. The molecule has 2 aromatic heterocycles. The lowest BCUT2D eigenvalue weighted by atomic mass is 10.2. The number of H-pyrrole nitrogens is 1. The Hall–Kier alpha value is -2.24. The number of rotatable bonds is 5. The summed E-state index contributed by atoms with van der Waals surface area (Å²) in [6.45, 7) is 2.57. The van der Waals surface area contributed by atoms with Crippen LogP contribution in [0.2, 0.25) is 0 Å². The summed E-state index contributed by atoms with van der Waals surface area (Å²) in [6.07, 6.45) is 5.18. The molecule has 1 amide bonds. The Morgan fingerprint density at radius 3 is 2.79 bits per heavy atom. The van der Waals surface area contributed by atoms with Crippen molar-refractivity contribution in [2.75, 3.05) is 7.05 Å². The maximum Gasteiger partial charge on any atom is 0.293 e. The van der Waals surface area contributed by atoms with Gasteiger partial charge >= 0.3 is 0 Å². The molecule has 0 aliphatic carbocycles. The number of pyridine rings is 1. The molecular weight excluding hydrogens is 242 g/mol. The van der Waals surface area contributed by atoms with Crippen LogP contribution < -0.4 is 0 Å². The fourth-order valence-corrected chi connectivity index (χ4v) is 1.74. The average Bonchev–Trinajstić information content (AvgIpc) is 2.88. The number of nitrogens with zero attached hydrogens (tertiary/aromatic N) is 4. The maximum atomic E-state index is 12.1. The van der Waals surface area contributed by atoms with Gasteiger partial charge in [-0.3, -0.25) is 14.9 Å². The Balaban J connectivity index is 2.02. The second-order valence-electron chi connectivity index (χ2n) is 4.37. The molecular formula is C13H17N5O. The predicted octanol–water partition coefficient (Wildman–Crippen LogP) is 1.42. The molecule has 0 bridgehead atoms. The standard InChI is InChI=1S/C13H17N5O/c1-3-4-11-15-12(17-16-11)13(19)18(2)9-10-5-7-14-8-6-10/h5-8H,3-4,9H2,1-2H3,(H,15,16,17). The fraction of sp³-hybridized carbons (Fsp3) is 0.385. The smallest absolute Gasteiger partial charge is 0.293 e. The molecule has 0 fully saturated rings. The third kappa shape index (κ3) is 3.37. The molecule has 19 heavy (non-hydrogen) atoms. The molecule has 0 radical (unpaired) electrons. The van der Waals surface area contributed by atoms with Gasteiger partial charge in [-0.15, -0.1) is 5.10 Å². The van der Waals surface area contributed by atoms with E-state index in [9.17, 15) is 4.79 Å². The van der Waals surface area contributed by atoms with Crippen molar-refractivity contribution in [3.05, 3.63) is 41.7 Å². The highest BCUT2D eigenvalue weighted by Gasteiger charge is 2.17. The largest absolute Gasteiger partial charge is 0.335 e.